The highest BCUT2D eigenvalue weighted by Crippen LogP contribution is 2.33. The highest BCUT2D eigenvalue weighted by molar-refractivity contribution is 5.82. The van der Waals surface area contributed by atoms with Crippen molar-refractivity contribution in [2.45, 2.75) is 62.7 Å². The van der Waals surface area contributed by atoms with Crippen molar-refractivity contribution in [3.05, 3.63) is 42.7 Å². The van der Waals surface area contributed by atoms with Gasteiger partial charge in [-0.25, -0.2) is 19.9 Å². The summed E-state index contributed by atoms with van der Waals surface area (Å²) >= 11 is 0. The van der Waals surface area contributed by atoms with Crippen LogP contribution < -0.4 is 5.32 Å². The van der Waals surface area contributed by atoms with Crippen LogP contribution >= 0.6 is 0 Å². The van der Waals surface area contributed by atoms with Crippen molar-refractivity contribution in [3.63, 3.8) is 0 Å². The van der Waals surface area contributed by atoms with E-state index in [0.717, 1.165) is 12.8 Å². The molecule has 1 aliphatic heterocycles. The predicted molar refractivity (Wildman–Crippen MR) is 113 cm³/mol. The van der Waals surface area contributed by atoms with Crippen LogP contribution in [0.2, 0.25) is 0 Å². The largest absolute Gasteiger partial charge is 0.387 e. The van der Waals surface area contributed by atoms with Gasteiger partial charge in [0.2, 0.25) is 0 Å². The van der Waals surface area contributed by atoms with Gasteiger partial charge < -0.3 is 20.3 Å². The van der Waals surface area contributed by atoms with Gasteiger partial charge in [-0.1, -0.05) is 24.8 Å². The lowest BCUT2D eigenvalue weighted by Crippen LogP contribution is -2.31. The molecule has 0 amide bonds. The topological polar surface area (TPSA) is 118 Å². The van der Waals surface area contributed by atoms with Crippen molar-refractivity contribution in [2.75, 3.05) is 5.32 Å². The van der Waals surface area contributed by atoms with Crippen molar-refractivity contribution in [1.82, 2.24) is 24.5 Å². The van der Waals surface area contributed by atoms with Gasteiger partial charge in [0.05, 0.1) is 12.4 Å². The number of anilines is 1. The molecule has 1 aliphatic carbocycles. The van der Waals surface area contributed by atoms with Gasteiger partial charge in [-0.05, 0) is 30.9 Å². The summed E-state index contributed by atoms with van der Waals surface area (Å²) in [6.07, 6.45) is 6.01. The molecule has 0 unspecified atom stereocenters. The predicted octanol–water partition coefficient (Wildman–Crippen LogP) is 1.64. The molecule has 9 heteroatoms. The number of fused-ring (bicyclic) bond motifs is 1. The second-order valence-corrected chi connectivity index (χ2v) is 7.94. The number of hydrogen-bond acceptors (Lipinski definition) is 8. The average Bonchev–Trinajstić information content (AvgIpc) is 3.51. The van der Waals surface area contributed by atoms with Crippen molar-refractivity contribution in [2.24, 2.45) is 0 Å². The van der Waals surface area contributed by atoms with Crippen molar-refractivity contribution >= 4 is 17.0 Å². The van der Waals surface area contributed by atoms with Crippen LogP contribution in [0.1, 0.15) is 44.0 Å². The zero-order valence-electron chi connectivity index (χ0n) is 16.9. The fraction of sp³-hybridized carbons (Fsp3) is 0.455. The molecule has 0 bridgehead atoms. The zero-order chi connectivity index (χ0) is 21.2. The molecule has 3 aromatic heterocycles. The molecule has 2 aliphatic rings. The van der Waals surface area contributed by atoms with Crippen molar-refractivity contribution in [1.29, 1.82) is 0 Å². The molecule has 5 rings (SSSR count). The molecular weight excluding hydrogens is 396 g/mol. The first-order chi connectivity index (χ1) is 15.2. The summed E-state index contributed by atoms with van der Waals surface area (Å²) in [6.45, 7) is 0. The molecule has 0 spiro atoms. The van der Waals surface area contributed by atoms with Gasteiger partial charge in [0, 0.05) is 18.7 Å². The third-order valence-corrected chi connectivity index (χ3v) is 5.85. The smallest absolute Gasteiger partial charge is 0.167 e. The monoisotopic (exact) mass is 420 g/mol. The van der Waals surface area contributed by atoms with E-state index in [2.05, 4.69) is 37.1 Å². The number of ether oxygens (including phenoxy) is 1. The quantitative estimate of drug-likeness (QED) is 0.545. The van der Waals surface area contributed by atoms with Crippen molar-refractivity contribution in [3.8, 4) is 11.8 Å². The standard InChI is InChI=1S/C22H24N6O3/c29-18-16(10-5-9-14-6-3-4-11-23-14)31-22(19(18)30)28-13-26-17-20(24-12-25-21(17)28)27-15-7-1-2-8-15/h3-4,6,11-13,15-16,18-19,22,29-30H,1-2,7-8,10H2,(H,24,25,27)/t16-,18-,19-,22-/m1/s1. The second kappa shape index (κ2) is 8.59. The first-order valence-corrected chi connectivity index (χ1v) is 10.6. The molecule has 1 saturated heterocycles. The van der Waals surface area contributed by atoms with Crippen LogP contribution in [-0.4, -0.2) is 59.1 Å². The van der Waals surface area contributed by atoms with E-state index < -0.39 is 24.5 Å². The summed E-state index contributed by atoms with van der Waals surface area (Å²) in [5.74, 6) is 6.61. The summed E-state index contributed by atoms with van der Waals surface area (Å²) in [5, 5.41) is 24.6. The van der Waals surface area contributed by atoms with Crippen molar-refractivity contribution < 1.29 is 14.9 Å². The van der Waals surface area contributed by atoms with E-state index >= 15 is 0 Å². The van der Waals surface area contributed by atoms with E-state index in [1.807, 2.05) is 18.2 Å². The van der Waals surface area contributed by atoms with Gasteiger partial charge in [-0.15, -0.1) is 0 Å². The zero-order valence-corrected chi connectivity index (χ0v) is 16.9. The van der Waals surface area contributed by atoms with E-state index in [0.29, 0.717) is 28.7 Å². The Labute approximate surface area is 179 Å². The Bertz CT molecular complexity index is 1100. The molecule has 0 aromatic carbocycles. The molecule has 0 radical (unpaired) electrons. The summed E-state index contributed by atoms with van der Waals surface area (Å²) < 4.78 is 7.62. The molecule has 3 aromatic rings. The number of aliphatic hydroxyl groups is 2. The summed E-state index contributed by atoms with van der Waals surface area (Å²) in [6, 6.07) is 5.88. The molecule has 3 N–H and O–H groups in total. The first-order valence-electron chi connectivity index (χ1n) is 10.6. The van der Waals surface area contributed by atoms with Crippen LogP contribution in [-0.2, 0) is 4.74 Å². The number of aromatic nitrogens is 5. The minimum atomic E-state index is -1.12. The van der Waals surface area contributed by atoms with Crippen LogP contribution in [0, 0.1) is 11.8 Å². The Balaban J connectivity index is 1.34. The Morgan fingerprint density at radius 3 is 2.77 bits per heavy atom. The summed E-state index contributed by atoms with van der Waals surface area (Å²) in [5.41, 5.74) is 1.82. The van der Waals surface area contributed by atoms with E-state index in [4.69, 9.17) is 4.74 Å². The molecule has 31 heavy (non-hydrogen) atoms. The van der Waals surface area contributed by atoms with E-state index in [-0.39, 0.29) is 6.42 Å². The number of pyridine rings is 1. The Morgan fingerprint density at radius 2 is 1.97 bits per heavy atom. The van der Waals surface area contributed by atoms with E-state index in [1.54, 1.807) is 17.1 Å². The van der Waals surface area contributed by atoms with Gasteiger partial charge in [-0.2, -0.15) is 0 Å². The number of aliphatic hydroxyl groups excluding tert-OH is 2. The second-order valence-electron chi connectivity index (χ2n) is 7.94. The maximum Gasteiger partial charge on any atom is 0.167 e. The van der Waals surface area contributed by atoms with Crippen LogP contribution in [0.25, 0.3) is 11.2 Å². The van der Waals surface area contributed by atoms with Crippen LogP contribution in [0.5, 0.6) is 0 Å². The molecule has 1 saturated carbocycles. The third kappa shape index (κ3) is 3.97. The fourth-order valence-corrected chi connectivity index (χ4v) is 4.21. The maximum absolute atomic E-state index is 10.6. The fourth-order valence-electron chi connectivity index (χ4n) is 4.21. The average molecular weight is 420 g/mol. The third-order valence-electron chi connectivity index (χ3n) is 5.85. The normalized spacial score (nSPS) is 26.1. The van der Waals surface area contributed by atoms with Gasteiger partial charge in [0.1, 0.15) is 24.2 Å². The van der Waals surface area contributed by atoms with Crippen LogP contribution in [0.3, 0.4) is 0 Å². The highest BCUT2D eigenvalue weighted by Gasteiger charge is 2.44. The molecule has 9 nitrogen and oxygen atoms in total. The van der Waals surface area contributed by atoms with Gasteiger partial charge >= 0.3 is 0 Å². The van der Waals surface area contributed by atoms with Gasteiger partial charge in [-0.3, -0.25) is 4.57 Å². The van der Waals surface area contributed by atoms with Gasteiger partial charge in [0.25, 0.3) is 0 Å². The van der Waals surface area contributed by atoms with Gasteiger partial charge in [0.15, 0.2) is 23.2 Å². The van der Waals surface area contributed by atoms with Crippen LogP contribution in [0.15, 0.2) is 37.1 Å². The summed E-state index contributed by atoms with van der Waals surface area (Å²) in [7, 11) is 0. The minimum absolute atomic E-state index is 0.265. The number of nitrogens with zero attached hydrogens (tertiary/aromatic N) is 5. The lowest BCUT2D eigenvalue weighted by atomic mass is 10.1. The van der Waals surface area contributed by atoms with Crippen LogP contribution in [0.4, 0.5) is 5.82 Å². The lowest BCUT2D eigenvalue weighted by molar-refractivity contribution is -0.0332. The van der Waals surface area contributed by atoms with E-state index in [9.17, 15) is 10.2 Å². The number of hydrogen-bond donors (Lipinski definition) is 3. The molecule has 4 atom stereocenters. The Hall–Kier alpha value is -3.06. The minimum Gasteiger partial charge on any atom is -0.387 e. The SMILES string of the molecule is O[C@@H]1[C@H](O)[C@@H](CC#Cc2ccccn2)O[C@H]1n1cnc2c(NC3CCCC3)ncnc21. The molecule has 160 valence electrons. The maximum atomic E-state index is 10.6. The number of imidazole rings is 1. The molecule has 4 heterocycles. The molecule has 2 fully saturated rings. The first kappa shape index (κ1) is 19.9. The number of nitrogens with one attached hydrogen (secondary N) is 1. The Morgan fingerprint density at radius 1 is 1.10 bits per heavy atom. The Kier molecular flexibility index (Phi) is 5.51. The van der Waals surface area contributed by atoms with E-state index in [1.165, 1.54) is 19.2 Å². The molecular formula is C22H24N6O3. The highest BCUT2D eigenvalue weighted by atomic mass is 16.6. The summed E-state index contributed by atoms with van der Waals surface area (Å²) in [4.78, 5) is 17.3. The lowest BCUT2D eigenvalue weighted by Gasteiger charge is -2.17. The number of rotatable bonds is 4.